The van der Waals surface area contributed by atoms with E-state index in [1.54, 1.807) is 24.3 Å². The Morgan fingerprint density at radius 2 is 2.17 bits per heavy atom. The first-order valence-electron chi connectivity index (χ1n) is 11.5. The van der Waals surface area contributed by atoms with Gasteiger partial charge in [0, 0.05) is 17.9 Å². The molecule has 1 aliphatic carbocycles. The van der Waals surface area contributed by atoms with Gasteiger partial charge in [0.1, 0.15) is 17.4 Å². The first kappa shape index (κ1) is 26.6. The van der Waals surface area contributed by atoms with Gasteiger partial charge in [0.25, 0.3) is 5.91 Å². The third-order valence-electron chi connectivity index (χ3n) is 6.23. The van der Waals surface area contributed by atoms with Crippen LogP contribution in [-0.2, 0) is 11.2 Å². The molecule has 1 N–H and O–H groups in total. The van der Waals surface area contributed by atoms with Gasteiger partial charge >= 0.3 is 6.18 Å². The summed E-state index contributed by atoms with van der Waals surface area (Å²) in [4.78, 5) is 12.9. The van der Waals surface area contributed by atoms with E-state index >= 15 is 0 Å². The quantitative estimate of drug-likeness (QED) is 0.301. The van der Waals surface area contributed by atoms with Crippen LogP contribution in [0.3, 0.4) is 0 Å². The van der Waals surface area contributed by atoms with E-state index in [2.05, 4.69) is 11.9 Å². The molecule has 0 fully saturated rings. The molecule has 0 spiro atoms. The van der Waals surface area contributed by atoms with E-state index in [4.69, 9.17) is 16.3 Å². The van der Waals surface area contributed by atoms with Crippen molar-refractivity contribution in [2.24, 2.45) is 5.92 Å². The normalized spacial score (nSPS) is 22.6. The summed E-state index contributed by atoms with van der Waals surface area (Å²) in [6.07, 6.45) is 2.50. The molecule has 1 aromatic carbocycles. The summed E-state index contributed by atoms with van der Waals surface area (Å²) >= 11 is 6.54. The molecule has 186 valence electrons. The van der Waals surface area contributed by atoms with Crippen molar-refractivity contribution in [2.45, 2.75) is 57.2 Å². The Bertz CT molecular complexity index is 1110. The average molecular weight is 505 g/mol. The molecule has 2 aliphatic rings. The monoisotopic (exact) mass is 504 g/mol. The molecule has 0 saturated heterocycles. The van der Waals surface area contributed by atoms with E-state index in [1.165, 1.54) is 0 Å². The lowest BCUT2D eigenvalue weighted by molar-refractivity contribution is -0.136. The number of hydrogen-bond acceptors (Lipinski definition) is 3. The predicted octanol–water partition coefficient (Wildman–Crippen LogP) is 6.69. The van der Waals surface area contributed by atoms with Crippen LogP contribution < -0.4 is 10.1 Å². The van der Waals surface area contributed by atoms with Gasteiger partial charge in [0.2, 0.25) is 0 Å². The second kappa shape index (κ2) is 11.2. The lowest BCUT2D eigenvalue weighted by Gasteiger charge is -2.37. The molecule has 35 heavy (non-hydrogen) atoms. The van der Waals surface area contributed by atoms with Gasteiger partial charge in [-0.25, -0.2) is 0 Å². The van der Waals surface area contributed by atoms with Crippen molar-refractivity contribution >= 4 is 17.5 Å². The molecule has 1 aliphatic heterocycles. The first-order valence-corrected chi connectivity index (χ1v) is 11.9. The number of benzene rings is 1. The number of rotatable bonds is 9. The van der Waals surface area contributed by atoms with Crippen LogP contribution >= 0.6 is 11.6 Å². The molecule has 1 heterocycles. The fraction of sp³-hybridized carbons (Fsp3) is 0.407. The van der Waals surface area contributed by atoms with Crippen molar-refractivity contribution in [3.05, 3.63) is 76.4 Å². The zero-order valence-corrected chi connectivity index (χ0v) is 20.3. The van der Waals surface area contributed by atoms with E-state index in [9.17, 15) is 23.2 Å². The van der Waals surface area contributed by atoms with Crippen molar-refractivity contribution in [3.8, 4) is 11.8 Å². The van der Waals surface area contributed by atoms with Gasteiger partial charge in [-0.1, -0.05) is 48.9 Å². The molecule has 0 radical (unpaired) electrons. The molecule has 1 aromatic rings. The molecule has 2 atom stereocenters. The van der Waals surface area contributed by atoms with Crippen molar-refractivity contribution in [3.63, 3.8) is 0 Å². The number of carbonyl (C=O) groups excluding carboxylic acids is 1. The van der Waals surface area contributed by atoms with Crippen molar-refractivity contribution in [2.75, 3.05) is 6.61 Å². The van der Waals surface area contributed by atoms with Crippen molar-refractivity contribution in [1.82, 2.24) is 5.32 Å². The zero-order chi connectivity index (χ0) is 25.6. The predicted molar refractivity (Wildman–Crippen MR) is 130 cm³/mol. The van der Waals surface area contributed by atoms with E-state index in [1.807, 2.05) is 31.2 Å². The lowest BCUT2D eigenvalue weighted by atomic mass is 9.77. The number of hydrogen-bond donors (Lipinski definition) is 1. The summed E-state index contributed by atoms with van der Waals surface area (Å²) < 4.78 is 42.5. The highest BCUT2D eigenvalue weighted by Crippen LogP contribution is 2.39. The highest BCUT2D eigenvalue weighted by molar-refractivity contribution is 6.30. The number of allylic oxidation sites excluding steroid dienone is 4. The van der Waals surface area contributed by atoms with Crippen LogP contribution in [0.2, 0.25) is 0 Å². The number of nitriles is 1. The topological polar surface area (TPSA) is 62.1 Å². The smallest absolute Gasteiger partial charge is 0.389 e. The summed E-state index contributed by atoms with van der Waals surface area (Å²) in [6, 6.07) is 9.20. The number of aryl methyl sites for hydroxylation is 1. The molecule has 8 heteroatoms. The number of ether oxygens (including phenoxy) is 1. The van der Waals surface area contributed by atoms with Crippen LogP contribution in [0.25, 0.3) is 0 Å². The van der Waals surface area contributed by atoms with Crippen LogP contribution in [0.1, 0.15) is 44.6 Å². The minimum absolute atomic E-state index is 0.0251. The number of alkyl halides is 3. The lowest BCUT2D eigenvalue weighted by Crippen LogP contribution is -2.51. The van der Waals surface area contributed by atoms with E-state index in [-0.39, 0.29) is 24.5 Å². The maximum atomic E-state index is 12.9. The third-order valence-corrected chi connectivity index (χ3v) is 6.59. The molecule has 3 rings (SSSR count). The SMILES string of the molecule is C=C[C@]1(CCc2cccc(OCCCC(F)(F)F)c2)CC(C2=C(Cl)CC(C)C=C2)=C(C#N)C(=O)N1. The van der Waals surface area contributed by atoms with Gasteiger partial charge in [-0.3, -0.25) is 4.79 Å². The van der Waals surface area contributed by atoms with E-state index < -0.39 is 24.0 Å². The summed E-state index contributed by atoms with van der Waals surface area (Å²) in [5.74, 6) is 0.317. The summed E-state index contributed by atoms with van der Waals surface area (Å²) in [7, 11) is 0. The Balaban J connectivity index is 1.73. The van der Waals surface area contributed by atoms with Gasteiger partial charge in [0.05, 0.1) is 12.1 Å². The van der Waals surface area contributed by atoms with Crippen molar-refractivity contribution < 1.29 is 22.7 Å². The Morgan fingerprint density at radius 3 is 2.83 bits per heavy atom. The maximum absolute atomic E-state index is 12.9. The molecule has 0 saturated carbocycles. The fourth-order valence-corrected chi connectivity index (χ4v) is 4.72. The second-order valence-corrected chi connectivity index (χ2v) is 9.49. The Morgan fingerprint density at radius 1 is 1.40 bits per heavy atom. The highest BCUT2D eigenvalue weighted by Gasteiger charge is 2.38. The average Bonchev–Trinajstić information content (AvgIpc) is 2.80. The maximum Gasteiger partial charge on any atom is 0.389 e. The van der Waals surface area contributed by atoms with Gasteiger partial charge in [-0.15, -0.1) is 6.58 Å². The molecule has 1 amide bonds. The summed E-state index contributed by atoms with van der Waals surface area (Å²) in [5.41, 5.74) is 1.53. The van der Waals surface area contributed by atoms with Crippen LogP contribution in [0, 0.1) is 17.2 Å². The van der Waals surface area contributed by atoms with Gasteiger partial charge in [0.15, 0.2) is 0 Å². The van der Waals surface area contributed by atoms with E-state index in [0.29, 0.717) is 42.0 Å². The van der Waals surface area contributed by atoms with Gasteiger partial charge in [-0.2, -0.15) is 18.4 Å². The molecule has 0 aromatic heterocycles. The van der Waals surface area contributed by atoms with Crippen molar-refractivity contribution in [1.29, 1.82) is 5.26 Å². The minimum Gasteiger partial charge on any atom is -0.494 e. The number of nitrogens with one attached hydrogen (secondary N) is 1. The zero-order valence-electron chi connectivity index (χ0n) is 19.6. The largest absolute Gasteiger partial charge is 0.494 e. The Kier molecular flexibility index (Phi) is 8.50. The van der Waals surface area contributed by atoms with Crippen LogP contribution in [-0.4, -0.2) is 24.2 Å². The van der Waals surface area contributed by atoms with Crippen LogP contribution in [0.15, 0.2) is 70.8 Å². The molecule has 4 nitrogen and oxygen atoms in total. The summed E-state index contributed by atoms with van der Waals surface area (Å²) in [6.45, 7) is 5.97. The highest BCUT2D eigenvalue weighted by atomic mass is 35.5. The fourth-order valence-electron chi connectivity index (χ4n) is 4.29. The van der Waals surface area contributed by atoms with Gasteiger partial charge in [-0.05, 0) is 60.4 Å². The third kappa shape index (κ3) is 7.02. The number of nitrogens with zero attached hydrogens (tertiary/aromatic N) is 1. The number of halogens is 4. The Hall–Kier alpha value is -2.98. The van der Waals surface area contributed by atoms with Crippen LogP contribution in [0.4, 0.5) is 13.2 Å². The summed E-state index contributed by atoms with van der Waals surface area (Å²) in [5, 5.41) is 13.2. The second-order valence-electron chi connectivity index (χ2n) is 9.03. The molecule has 1 unspecified atom stereocenters. The molecular formula is C27H28ClF3N2O2. The van der Waals surface area contributed by atoms with E-state index in [0.717, 1.165) is 11.1 Å². The number of carbonyl (C=O) groups is 1. The molecular weight excluding hydrogens is 477 g/mol. The van der Waals surface area contributed by atoms with Crippen LogP contribution in [0.5, 0.6) is 5.75 Å². The Labute approximate surface area is 208 Å². The number of amides is 1. The standard InChI is InChI=1S/C27H28ClF3N2O2/c1-3-26(12-10-19-6-4-7-20(15-19)35-13-5-11-27(29,30)31)16-22(23(17-32)25(34)33-26)21-9-8-18(2)14-24(21)28/h3-4,6-9,15,18H,1,5,10-14,16H2,2H3,(H,33,34)/t18?,26-/m0/s1. The van der Waals surface area contributed by atoms with Gasteiger partial charge < -0.3 is 10.1 Å². The molecule has 0 bridgehead atoms. The first-order chi connectivity index (χ1) is 16.6. The minimum atomic E-state index is -4.20.